The SMILES string of the molecule is O=C1OC(c2ccc(Cl)cc2Cl)=N/C1=C\c1ccc(OCc2ccccc2)cc1. The predicted molar refractivity (Wildman–Crippen MR) is 114 cm³/mol. The molecule has 0 atom stereocenters. The lowest BCUT2D eigenvalue weighted by molar-refractivity contribution is -0.129. The number of carbonyl (C=O) groups excluding carboxylic acids is 1. The van der Waals surface area contributed by atoms with Crippen LogP contribution in [-0.4, -0.2) is 11.9 Å². The van der Waals surface area contributed by atoms with Crippen molar-refractivity contribution in [1.82, 2.24) is 0 Å². The molecule has 4 nitrogen and oxygen atoms in total. The molecular formula is C23H15Cl2NO3. The van der Waals surface area contributed by atoms with E-state index in [1.807, 2.05) is 54.6 Å². The van der Waals surface area contributed by atoms with Crippen molar-refractivity contribution in [3.63, 3.8) is 0 Å². The highest BCUT2D eigenvalue weighted by molar-refractivity contribution is 6.37. The number of carbonyl (C=O) groups is 1. The number of benzene rings is 3. The third-order valence-electron chi connectivity index (χ3n) is 4.21. The molecule has 6 heteroatoms. The van der Waals surface area contributed by atoms with Crippen molar-refractivity contribution in [2.24, 2.45) is 4.99 Å². The molecule has 0 radical (unpaired) electrons. The van der Waals surface area contributed by atoms with Crippen LogP contribution in [-0.2, 0) is 16.1 Å². The Balaban J connectivity index is 1.48. The third-order valence-corrected chi connectivity index (χ3v) is 4.76. The third kappa shape index (κ3) is 4.67. The van der Waals surface area contributed by atoms with Crippen LogP contribution in [0, 0.1) is 0 Å². The number of cyclic esters (lactones) is 1. The van der Waals surface area contributed by atoms with Crippen LogP contribution in [0.4, 0.5) is 0 Å². The lowest BCUT2D eigenvalue weighted by atomic mass is 10.2. The Bertz CT molecular complexity index is 1110. The maximum absolute atomic E-state index is 12.2. The first-order chi connectivity index (χ1) is 14.1. The minimum absolute atomic E-state index is 0.158. The van der Waals surface area contributed by atoms with Crippen LogP contribution in [0.15, 0.2) is 83.5 Å². The summed E-state index contributed by atoms with van der Waals surface area (Å²) in [7, 11) is 0. The van der Waals surface area contributed by atoms with E-state index in [1.54, 1.807) is 24.3 Å². The summed E-state index contributed by atoms with van der Waals surface area (Å²) in [6, 6.07) is 22.2. The minimum Gasteiger partial charge on any atom is -0.489 e. The number of rotatable bonds is 5. The molecular weight excluding hydrogens is 409 g/mol. The minimum atomic E-state index is -0.532. The van der Waals surface area contributed by atoms with Crippen LogP contribution in [0.3, 0.4) is 0 Å². The molecule has 0 unspecified atom stereocenters. The van der Waals surface area contributed by atoms with Gasteiger partial charge in [-0.1, -0.05) is 65.7 Å². The van der Waals surface area contributed by atoms with Crippen molar-refractivity contribution in [3.05, 3.63) is 105 Å². The number of hydrogen-bond donors (Lipinski definition) is 0. The van der Waals surface area contributed by atoms with Gasteiger partial charge in [-0.3, -0.25) is 0 Å². The van der Waals surface area contributed by atoms with E-state index in [9.17, 15) is 4.79 Å². The fraction of sp³-hybridized carbons (Fsp3) is 0.0435. The second kappa shape index (κ2) is 8.52. The monoisotopic (exact) mass is 423 g/mol. The molecule has 0 amide bonds. The normalized spacial score (nSPS) is 14.6. The molecule has 0 saturated heterocycles. The molecule has 29 heavy (non-hydrogen) atoms. The fourth-order valence-electron chi connectivity index (χ4n) is 2.75. The van der Waals surface area contributed by atoms with Crippen LogP contribution in [0.1, 0.15) is 16.7 Å². The summed E-state index contributed by atoms with van der Waals surface area (Å²) in [5.41, 5.74) is 2.60. The number of aliphatic imine (C=N–C) groups is 1. The van der Waals surface area contributed by atoms with E-state index in [-0.39, 0.29) is 11.6 Å². The van der Waals surface area contributed by atoms with E-state index in [2.05, 4.69) is 4.99 Å². The van der Waals surface area contributed by atoms with Gasteiger partial charge in [0.1, 0.15) is 12.4 Å². The van der Waals surface area contributed by atoms with E-state index in [4.69, 9.17) is 32.7 Å². The Hall–Kier alpha value is -3.08. The van der Waals surface area contributed by atoms with Crippen LogP contribution >= 0.6 is 23.2 Å². The molecule has 4 rings (SSSR count). The van der Waals surface area contributed by atoms with Crippen LogP contribution in [0.25, 0.3) is 6.08 Å². The molecule has 3 aromatic carbocycles. The lowest BCUT2D eigenvalue weighted by Gasteiger charge is -2.06. The summed E-state index contributed by atoms with van der Waals surface area (Å²) in [6.07, 6.45) is 1.65. The zero-order chi connectivity index (χ0) is 20.2. The molecule has 3 aromatic rings. The molecule has 1 aliphatic rings. The smallest absolute Gasteiger partial charge is 0.363 e. The lowest BCUT2D eigenvalue weighted by Crippen LogP contribution is -2.05. The van der Waals surface area contributed by atoms with Gasteiger partial charge in [-0.05, 0) is 47.5 Å². The first-order valence-corrected chi connectivity index (χ1v) is 9.59. The first-order valence-electron chi connectivity index (χ1n) is 8.83. The van der Waals surface area contributed by atoms with Gasteiger partial charge < -0.3 is 9.47 Å². The molecule has 0 saturated carbocycles. The predicted octanol–water partition coefficient (Wildman–Crippen LogP) is 5.92. The van der Waals surface area contributed by atoms with Crippen molar-refractivity contribution in [2.75, 3.05) is 0 Å². The second-order valence-corrected chi connectivity index (χ2v) is 7.15. The average molecular weight is 424 g/mol. The second-order valence-electron chi connectivity index (χ2n) is 6.30. The molecule has 0 aliphatic carbocycles. The largest absolute Gasteiger partial charge is 0.489 e. The molecule has 144 valence electrons. The zero-order valence-electron chi connectivity index (χ0n) is 15.1. The number of hydrogen-bond acceptors (Lipinski definition) is 4. The van der Waals surface area contributed by atoms with Crippen molar-refractivity contribution >= 4 is 41.1 Å². The van der Waals surface area contributed by atoms with Gasteiger partial charge in [0.25, 0.3) is 0 Å². The number of esters is 1. The first kappa shape index (κ1) is 19.2. The van der Waals surface area contributed by atoms with Crippen molar-refractivity contribution in [1.29, 1.82) is 0 Å². The topological polar surface area (TPSA) is 47.9 Å². The summed E-state index contributed by atoms with van der Waals surface area (Å²) in [4.78, 5) is 16.4. The molecule has 0 aromatic heterocycles. The number of halogens is 2. The maximum Gasteiger partial charge on any atom is 0.363 e. The summed E-state index contributed by atoms with van der Waals surface area (Å²) < 4.78 is 11.0. The Kier molecular flexibility index (Phi) is 5.65. The average Bonchev–Trinajstić information content (AvgIpc) is 3.08. The van der Waals surface area contributed by atoms with Crippen molar-refractivity contribution in [2.45, 2.75) is 6.61 Å². The van der Waals surface area contributed by atoms with Gasteiger partial charge >= 0.3 is 5.97 Å². The van der Waals surface area contributed by atoms with Gasteiger partial charge in [0.05, 0.1) is 10.6 Å². The summed E-state index contributed by atoms with van der Waals surface area (Å²) in [5, 5.41) is 0.860. The summed E-state index contributed by atoms with van der Waals surface area (Å²) in [5.74, 6) is 0.364. The number of nitrogens with zero attached hydrogens (tertiary/aromatic N) is 1. The van der Waals surface area contributed by atoms with Crippen molar-refractivity contribution in [3.8, 4) is 5.75 Å². The molecule has 0 fully saturated rings. The van der Waals surface area contributed by atoms with Gasteiger partial charge in [0.15, 0.2) is 5.70 Å². The molecule has 0 N–H and O–H groups in total. The van der Waals surface area contributed by atoms with E-state index in [0.29, 0.717) is 22.2 Å². The Morgan fingerprint density at radius 1 is 0.966 bits per heavy atom. The van der Waals surface area contributed by atoms with Gasteiger partial charge in [-0.2, -0.15) is 0 Å². The van der Waals surface area contributed by atoms with E-state index in [1.165, 1.54) is 0 Å². The highest BCUT2D eigenvalue weighted by atomic mass is 35.5. The Morgan fingerprint density at radius 3 is 2.45 bits per heavy atom. The van der Waals surface area contributed by atoms with Gasteiger partial charge in [-0.25, -0.2) is 9.79 Å². The van der Waals surface area contributed by atoms with Crippen LogP contribution < -0.4 is 4.74 Å². The van der Waals surface area contributed by atoms with E-state index < -0.39 is 5.97 Å². The Labute approximate surface area is 178 Å². The molecule has 1 heterocycles. The van der Waals surface area contributed by atoms with Crippen LogP contribution in [0.5, 0.6) is 5.75 Å². The van der Waals surface area contributed by atoms with Gasteiger partial charge in [-0.15, -0.1) is 0 Å². The summed E-state index contributed by atoms with van der Waals surface area (Å²) >= 11 is 12.1. The highest BCUT2D eigenvalue weighted by Crippen LogP contribution is 2.26. The molecule has 0 spiro atoms. The standard InChI is InChI=1S/C23H15Cl2NO3/c24-17-8-11-19(20(25)13-17)22-26-21(23(27)29-22)12-15-6-9-18(10-7-15)28-14-16-4-2-1-3-5-16/h1-13H,14H2/b21-12-. The molecule has 0 bridgehead atoms. The maximum atomic E-state index is 12.2. The Morgan fingerprint density at radius 2 is 1.72 bits per heavy atom. The van der Waals surface area contributed by atoms with Gasteiger partial charge in [0, 0.05) is 5.02 Å². The molecule has 1 aliphatic heterocycles. The van der Waals surface area contributed by atoms with Crippen molar-refractivity contribution < 1.29 is 14.3 Å². The number of ether oxygens (including phenoxy) is 2. The highest BCUT2D eigenvalue weighted by Gasteiger charge is 2.25. The summed E-state index contributed by atoms with van der Waals surface area (Å²) in [6.45, 7) is 0.489. The quantitative estimate of drug-likeness (QED) is 0.378. The van der Waals surface area contributed by atoms with Gasteiger partial charge in [0.2, 0.25) is 5.90 Å². The fourth-order valence-corrected chi connectivity index (χ4v) is 3.24. The van der Waals surface area contributed by atoms with E-state index >= 15 is 0 Å². The van der Waals surface area contributed by atoms with E-state index in [0.717, 1.165) is 16.9 Å². The zero-order valence-corrected chi connectivity index (χ0v) is 16.7. The van der Waals surface area contributed by atoms with Crippen LogP contribution in [0.2, 0.25) is 10.0 Å².